The monoisotopic (exact) mass is 270 g/mol. The Balaban J connectivity index is 1.87. The maximum absolute atomic E-state index is 5.87. The molecule has 1 saturated heterocycles. The topological polar surface area (TPSA) is 47.7 Å². The van der Waals surface area contributed by atoms with Gasteiger partial charge in [0, 0.05) is 25.4 Å². The molecule has 2 N–H and O–H groups in total. The predicted molar refractivity (Wildman–Crippen MR) is 77.0 cm³/mol. The molecule has 4 nitrogen and oxygen atoms in total. The highest BCUT2D eigenvalue weighted by molar-refractivity contribution is 4.88. The minimum Gasteiger partial charge on any atom is -0.348 e. The minimum absolute atomic E-state index is 0.200. The Hall–Kier alpha value is -0.160. The van der Waals surface area contributed by atoms with E-state index in [1.54, 1.807) is 0 Å². The molecular formula is C15H30N2O2. The van der Waals surface area contributed by atoms with Crippen molar-refractivity contribution in [2.24, 2.45) is 11.1 Å². The molecule has 1 aliphatic carbocycles. The number of nitrogens with two attached hydrogens (primary N) is 1. The van der Waals surface area contributed by atoms with Gasteiger partial charge in [0.15, 0.2) is 5.79 Å². The van der Waals surface area contributed by atoms with Gasteiger partial charge in [0.25, 0.3) is 0 Å². The Labute approximate surface area is 117 Å². The fourth-order valence-electron chi connectivity index (χ4n) is 3.31. The van der Waals surface area contributed by atoms with Crippen LogP contribution in [0, 0.1) is 5.41 Å². The molecule has 1 saturated carbocycles. The molecule has 1 spiro atoms. The molecule has 2 fully saturated rings. The van der Waals surface area contributed by atoms with E-state index in [0.717, 1.165) is 45.7 Å². The van der Waals surface area contributed by atoms with Crippen LogP contribution >= 0.6 is 0 Å². The van der Waals surface area contributed by atoms with Gasteiger partial charge in [-0.1, -0.05) is 20.8 Å². The first kappa shape index (κ1) is 15.2. The van der Waals surface area contributed by atoms with Crippen LogP contribution in [0.15, 0.2) is 0 Å². The molecule has 2 aliphatic rings. The summed E-state index contributed by atoms with van der Waals surface area (Å²) in [4.78, 5) is 2.59. The van der Waals surface area contributed by atoms with Crippen LogP contribution in [0.5, 0.6) is 0 Å². The second-order valence-corrected chi connectivity index (χ2v) is 6.77. The van der Waals surface area contributed by atoms with E-state index < -0.39 is 0 Å². The van der Waals surface area contributed by atoms with E-state index in [2.05, 4.69) is 25.7 Å². The fraction of sp³-hybridized carbons (Fsp3) is 1.00. The van der Waals surface area contributed by atoms with Crippen molar-refractivity contribution in [2.75, 3.05) is 32.8 Å². The quantitative estimate of drug-likeness (QED) is 0.830. The summed E-state index contributed by atoms with van der Waals surface area (Å²) in [6.07, 6.45) is 4.43. The van der Waals surface area contributed by atoms with Crippen LogP contribution in [0.25, 0.3) is 0 Å². The van der Waals surface area contributed by atoms with Crippen molar-refractivity contribution in [3.63, 3.8) is 0 Å². The van der Waals surface area contributed by atoms with Gasteiger partial charge in [-0.15, -0.1) is 0 Å². The molecule has 0 aromatic heterocycles. The Morgan fingerprint density at radius 2 is 1.79 bits per heavy atom. The number of hydrogen-bond acceptors (Lipinski definition) is 4. The van der Waals surface area contributed by atoms with Gasteiger partial charge in [-0.2, -0.15) is 0 Å². The maximum Gasteiger partial charge on any atom is 0.168 e. The van der Waals surface area contributed by atoms with Gasteiger partial charge in [0.05, 0.1) is 13.2 Å². The zero-order valence-electron chi connectivity index (χ0n) is 12.8. The number of ether oxygens (including phenoxy) is 2. The summed E-state index contributed by atoms with van der Waals surface area (Å²) in [6, 6.07) is 0.661. The van der Waals surface area contributed by atoms with Gasteiger partial charge in [-0.3, -0.25) is 0 Å². The molecule has 0 unspecified atom stereocenters. The lowest BCUT2D eigenvalue weighted by Gasteiger charge is -2.42. The first-order chi connectivity index (χ1) is 9.00. The molecule has 0 amide bonds. The van der Waals surface area contributed by atoms with Crippen molar-refractivity contribution in [1.29, 1.82) is 0 Å². The summed E-state index contributed by atoms with van der Waals surface area (Å²) in [5.41, 5.74) is 6.07. The average molecular weight is 270 g/mol. The van der Waals surface area contributed by atoms with Crippen LogP contribution in [0.3, 0.4) is 0 Å². The van der Waals surface area contributed by atoms with Gasteiger partial charge in [-0.05, 0) is 31.3 Å². The lowest BCUT2D eigenvalue weighted by molar-refractivity contribution is -0.184. The highest BCUT2D eigenvalue weighted by Crippen LogP contribution is 2.37. The molecule has 19 heavy (non-hydrogen) atoms. The lowest BCUT2D eigenvalue weighted by Crippen LogP contribution is -2.48. The summed E-state index contributed by atoms with van der Waals surface area (Å²) in [6.45, 7) is 11.2. The predicted octanol–water partition coefficient (Wildman–Crippen LogP) is 1.98. The Morgan fingerprint density at radius 1 is 1.21 bits per heavy atom. The molecule has 0 radical (unpaired) electrons. The number of rotatable bonds is 5. The zero-order valence-corrected chi connectivity index (χ0v) is 12.8. The van der Waals surface area contributed by atoms with Crippen molar-refractivity contribution < 1.29 is 9.47 Å². The number of hydrogen-bond donors (Lipinski definition) is 1. The molecule has 0 aromatic carbocycles. The second-order valence-electron chi connectivity index (χ2n) is 6.77. The van der Waals surface area contributed by atoms with Crippen molar-refractivity contribution in [3.05, 3.63) is 0 Å². The van der Waals surface area contributed by atoms with Crippen molar-refractivity contribution in [2.45, 2.75) is 58.3 Å². The fourth-order valence-corrected chi connectivity index (χ4v) is 3.31. The smallest absolute Gasteiger partial charge is 0.168 e. The number of nitrogens with zero attached hydrogens (tertiary/aromatic N) is 1. The van der Waals surface area contributed by atoms with Crippen LogP contribution in [0.1, 0.15) is 46.5 Å². The Bertz CT molecular complexity index is 278. The Kier molecular flexibility index (Phi) is 4.88. The summed E-state index contributed by atoms with van der Waals surface area (Å²) in [5, 5.41) is 0. The van der Waals surface area contributed by atoms with Crippen molar-refractivity contribution in [1.82, 2.24) is 4.90 Å². The van der Waals surface area contributed by atoms with Crippen molar-refractivity contribution >= 4 is 0 Å². The molecule has 1 heterocycles. The van der Waals surface area contributed by atoms with Gasteiger partial charge in [0.2, 0.25) is 0 Å². The van der Waals surface area contributed by atoms with Crippen LogP contribution < -0.4 is 5.73 Å². The zero-order chi connectivity index (χ0) is 13.9. The van der Waals surface area contributed by atoms with E-state index in [9.17, 15) is 0 Å². The summed E-state index contributed by atoms with van der Waals surface area (Å²) in [5.74, 6) is -0.237. The SMILES string of the molecule is CCN(CC(C)(C)CN)C1CCC2(CC1)OCCO2. The molecule has 4 heteroatoms. The normalized spacial score (nSPS) is 24.5. The van der Waals surface area contributed by atoms with Crippen LogP contribution in [0.2, 0.25) is 0 Å². The van der Waals surface area contributed by atoms with E-state index in [-0.39, 0.29) is 11.2 Å². The highest BCUT2D eigenvalue weighted by Gasteiger charge is 2.41. The largest absolute Gasteiger partial charge is 0.348 e. The lowest BCUT2D eigenvalue weighted by atomic mass is 9.86. The van der Waals surface area contributed by atoms with Crippen molar-refractivity contribution in [3.8, 4) is 0 Å². The molecule has 0 atom stereocenters. The molecule has 0 aromatic rings. The average Bonchev–Trinajstić information content (AvgIpc) is 2.86. The molecule has 2 rings (SSSR count). The van der Waals surface area contributed by atoms with Gasteiger partial charge in [0.1, 0.15) is 0 Å². The third-order valence-electron chi connectivity index (χ3n) is 4.64. The van der Waals surface area contributed by atoms with E-state index in [0.29, 0.717) is 6.04 Å². The van der Waals surface area contributed by atoms with E-state index in [1.165, 1.54) is 12.8 Å². The molecule has 1 aliphatic heterocycles. The Morgan fingerprint density at radius 3 is 2.26 bits per heavy atom. The summed E-state index contributed by atoms with van der Waals surface area (Å²) < 4.78 is 11.6. The molecule has 0 bridgehead atoms. The third-order valence-corrected chi connectivity index (χ3v) is 4.64. The molecule has 112 valence electrons. The van der Waals surface area contributed by atoms with Gasteiger partial charge >= 0.3 is 0 Å². The van der Waals surface area contributed by atoms with Crippen LogP contribution in [0.4, 0.5) is 0 Å². The van der Waals surface area contributed by atoms with Crippen LogP contribution in [-0.4, -0.2) is 49.6 Å². The van der Waals surface area contributed by atoms with E-state index in [1.807, 2.05) is 0 Å². The highest BCUT2D eigenvalue weighted by atomic mass is 16.7. The first-order valence-corrected chi connectivity index (χ1v) is 7.72. The maximum atomic E-state index is 5.87. The second kappa shape index (κ2) is 6.08. The van der Waals surface area contributed by atoms with E-state index >= 15 is 0 Å². The van der Waals surface area contributed by atoms with Crippen LogP contribution in [-0.2, 0) is 9.47 Å². The standard InChI is InChI=1S/C15H30N2O2/c1-4-17(12-14(2,3)11-16)13-5-7-15(8-6-13)18-9-10-19-15/h13H,4-12,16H2,1-3H3. The molecular weight excluding hydrogens is 240 g/mol. The van der Waals surface area contributed by atoms with Gasteiger partial charge < -0.3 is 20.1 Å². The van der Waals surface area contributed by atoms with Gasteiger partial charge in [-0.25, -0.2) is 0 Å². The minimum atomic E-state index is -0.237. The van der Waals surface area contributed by atoms with E-state index in [4.69, 9.17) is 15.2 Å². The summed E-state index contributed by atoms with van der Waals surface area (Å²) in [7, 11) is 0. The first-order valence-electron chi connectivity index (χ1n) is 7.72. The third kappa shape index (κ3) is 3.69. The summed E-state index contributed by atoms with van der Waals surface area (Å²) >= 11 is 0.